The summed E-state index contributed by atoms with van der Waals surface area (Å²) in [6.45, 7) is 3.96. The standard InChI is InChI=1S/C15H23NO3/c1-15(2,10-13(17)18)14(16(3)4)11-6-8-12(19-5)9-7-11/h6-9,14H,10H2,1-5H3,(H,17,18). The molecule has 0 bridgehead atoms. The number of aliphatic carboxylic acids is 1. The summed E-state index contributed by atoms with van der Waals surface area (Å²) < 4.78 is 5.15. The Morgan fingerprint density at radius 1 is 1.32 bits per heavy atom. The van der Waals surface area contributed by atoms with Crippen molar-refractivity contribution in [3.05, 3.63) is 29.8 Å². The van der Waals surface area contributed by atoms with Crippen LogP contribution in [0.1, 0.15) is 31.9 Å². The molecule has 0 aromatic heterocycles. The third-order valence-electron chi connectivity index (χ3n) is 3.30. The van der Waals surface area contributed by atoms with Crippen LogP contribution in [0, 0.1) is 5.41 Å². The molecule has 1 aromatic carbocycles. The summed E-state index contributed by atoms with van der Waals surface area (Å²) in [6, 6.07) is 7.83. The lowest BCUT2D eigenvalue weighted by molar-refractivity contribution is -0.140. The Bertz CT molecular complexity index is 424. The zero-order valence-electron chi connectivity index (χ0n) is 12.3. The number of hydrogen-bond donors (Lipinski definition) is 1. The highest BCUT2D eigenvalue weighted by Crippen LogP contribution is 2.40. The molecule has 1 N–H and O–H groups in total. The van der Waals surface area contributed by atoms with Gasteiger partial charge < -0.3 is 14.7 Å². The van der Waals surface area contributed by atoms with E-state index in [1.165, 1.54) is 0 Å². The summed E-state index contributed by atoms with van der Waals surface area (Å²) in [7, 11) is 5.57. The van der Waals surface area contributed by atoms with Crippen molar-refractivity contribution >= 4 is 5.97 Å². The number of benzene rings is 1. The number of nitrogens with zero attached hydrogens (tertiary/aromatic N) is 1. The maximum absolute atomic E-state index is 11.0. The van der Waals surface area contributed by atoms with E-state index in [-0.39, 0.29) is 17.9 Å². The lowest BCUT2D eigenvalue weighted by Crippen LogP contribution is -2.35. The van der Waals surface area contributed by atoms with Crippen LogP contribution in [0.3, 0.4) is 0 Å². The first-order valence-corrected chi connectivity index (χ1v) is 6.30. The molecule has 0 saturated heterocycles. The van der Waals surface area contributed by atoms with Crippen molar-refractivity contribution in [1.82, 2.24) is 4.90 Å². The van der Waals surface area contributed by atoms with Gasteiger partial charge in [0.1, 0.15) is 5.75 Å². The van der Waals surface area contributed by atoms with Gasteiger partial charge in [0.15, 0.2) is 0 Å². The number of methoxy groups -OCH3 is 1. The van der Waals surface area contributed by atoms with Crippen molar-refractivity contribution in [2.24, 2.45) is 5.41 Å². The average Bonchev–Trinajstić information content (AvgIpc) is 2.27. The van der Waals surface area contributed by atoms with Crippen molar-refractivity contribution in [2.75, 3.05) is 21.2 Å². The molecule has 0 aliphatic carbocycles. The Balaban J connectivity index is 3.08. The number of hydrogen-bond acceptors (Lipinski definition) is 3. The zero-order chi connectivity index (χ0) is 14.6. The van der Waals surface area contributed by atoms with Crippen molar-refractivity contribution in [3.8, 4) is 5.75 Å². The lowest BCUT2D eigenvalue weighted by atomic mass is 9.77. The molecule has 1 aromatic rings. The van der Waals surface area contributed by atoms with E-state index >= 15 is 0 Å². The predicted molar refractivity (Wildman–Crippen MR) is 75.5 cm³/mol. The van der Waals surface area contributed by atoms with Crippen molar-refractivity contribution in [3.63, 3.8) is 0 Å². The van der Waals surface area contributed by atoms with E-state index < -0.39 is 5.97 Å². The summed E-state index contributed by atoms with van der Waals surface area (Å²) in [5.41, 5.74) is 0.737. The fourth-order valence-corrected chi connectivity index (χ4v) is 2.72. The second kappa shape index (κ2) is 6.06. The Morgan fingerprint density at radius 3 is 2.21 bits per heavy atom. The highest BCUT2D eigenvalue weighted by atomic mass is 16.5. The van der Waals surface area contributed by atoms with Crippen LogP contribution in [0.2, 0.25) is 0 Å². The summed E-state index contributed by atoms with van der Waals surface area (Å²) in [5, 5.41) is 9.07. The summed E-state index contributed by atoms with van der Waals surface area (Å²) in [4.78, 5) is 13.1. The van der Waals surface area contributed by atoms with E-state index in [9.17, 15) is 4.79 Å². The van der Waals surface area contributed by atoms with Crippen LogP contribution in [-0.4, -0.2) is 37.2 Å². The van der Waals surface area contributed by atoms with Gasteiger partial charge in [-0.2, -0.15) is 0 Å². The molecular weight excluding hydrogens is 242 g/mol. The second-order valence-electron chi connectivity index (χ2n) is 5.70. The van der Waals surface area contributed by atoms with Crippen molar-refractivity contribution < 1.29 is 14.6 Å². The van der Waals surface area contributed by atoms with E-state index in [4.69, 9.17) is 9.84 Å². The molecule has 19 heavy (non-hydrogen) atoms. The molecule has 1 rings (SSSR count). The smallest absolute Gasteiger partial charge is 0.303 e. The topological polar surface area (TPSA) is 49.8 Å². The number of carboxylic acids is 1. The zero-order valence-corrected chi connectivity index (χ0v) is 12.3. The minimum Gasteiger partial charge on any atom is -0.497 e. The third kappa shape index (κ3) is 3.96. The first-order chi connectivity index (χ1) is 8.77. The van der Waals surface area contributed by atoms with Crippen LogP contribution in [0.4, 0.5) is 0 Å². The number of carboxylic acid groups (broad SMARTS) is 1. The largest absolute Gasteiger partial charge is 0.497 e. The van der Waals surface area contributed by atoms with E-state index in [1.807, 2.05) is 52.2 Å². The average molecular weight is 265 g/mol. The third-order valence-corrected chi connectivity index (χ3v) is 3.30. The molecule has 106 valence electrons. The molecule has 0 amide bonds. The van der Waals surface area contributed by atoms with Gasteiger partial charge in [0.05, 0.1) is 13.5 Å². The fraction of sp³-hybridized carbons (Fsp3) is 0.533. The van der Waals surface area contributed by atoms with Crippen LogP contribution in [-0.2, 0) is 4.79 Å². The van der Waals surface area contributed by atoms with Gasteiger partial charge >= 0.3 is 5.97 Å². The maximum atomic E-state index is 11.0. The summed E-state index contributed by atoms with van der Waals surface area (Å²) in [6.07, 6.45) is 0.127. The summed E-state index contributed by atoms with van der Waals surface area (Å²) in [5.74, 6) is 0.0302. The van der Waals surface area contributed by atoms with Gasteiger partial charge in [-0.05, 0) is 37.2 Å². The molecule has 1 unspecified atom stereocenters. The first kappa shape index (κ1) is 15.5. The molecular formula is C15H23NO3. The van der Waals surface area contributed by atoms with E-state index in [1.54, 1.807) is 7.11 Å². The molecule has 0 aliphatic rings. The van der Waals surface area contributed by atoms with Gasteiger partial charge in [-0.25, -0.2) is 0 Å². The highest BCUT2D eigenvalue weighted by molar-refractivity contribution is 5.67. The summed E-state index contributed by atoms with van der Waals surface area (Å²) >= 11 is 0. The first-order valence-electron chi connectivity index (χ1n) is 6.30. The maximum Gasteiger partial charge on any atom is 0.303 e. The quantitative estimate of drug-likeness (QED) is 0.859. The molecule has 0 saturated carbocycles. The normalized spacial score (nSPS) is 13.4. The minimum atomic E-state index is -0.773. The van der Waals surface area contributed by atoms with Gasteiger partial charge in [0.2, 0.25) is 0 Å². The number of carbonyl (C=O) groups is 1. The highest BCUT2D eigenvalue weighted by Gasteiger charge is 2.34. The SMILES string of the molecule is COc1ccc(C(N(C)C)C(C)(C)CC(=O)O)cc1. The van der Waals surface area contributed by atoms with E-state index in [0.717, 1.165) is 11.3 Å². The fourth-order valence-electron chi connectivity index (χ4n) is 2.72. The molecule has 0 radical (unpaired) electrons. The lowest BCUT2D eigenvalue weighted by Gasteiger charge is -2.38. The number of rotatable bonds is 6. The Morgan fingerprint density at radius 2 is 1.84 bits per heavy atom. The van der Waals surface area contributed by atoms with E-state index in [2.05, 4.69) is 4.90 Å². The van der Waals surface area contributed by atoms with Crippen LogP contribution >= 0.6 is 0 Å². The monoisotopic (exact) mass is 265 g/mol. The van der Waals surface area contributed by atoms with Gasteiger partial charge in [-0.1, -0.05) is 26.0 Å². The van der Waals surface area contributed by atoms with Crippen molar-refractivity contribution in [2.45, 2.75) is 26.3 Å². The van der Waals surface area contributed by atoms with Crippen LogP contribution < -0.4 is 4.74 Å². The van der Waals surface area contributed by atoms with Crippen LogP contribution in [0.5, 0.6) is 5.75 Å². The Kier molecular flexibility index (Phi) is 4.95. The molecule has 0 aliphatic heterocycles. The Hall–Kier alpha value is -1.55. The van der Waals surface area contributed by atoms with Gasteiger partial charge in [0, 0.05) is 6.04 Å². The predicted octanol–water partition coefficient (Wildman–Crippen LogP) is 2.80. The Labute approximate surface area is 115 Å². The minimum absolute atomic E-state index is 0.0366. The van der Waals surface area contributed by atoms with E-state index in [0.29, 0.717) is 0 Å². The van der Waals surface area contributed by atoms with Gasteiger partial charge in [-0.15, -0.1) is 0 Å². The van der Waals surface area contributed by atoms with Crippen molar-refractivity contribution in [1.29, 1.82) is 0 Å². The van der Waals surface area contributed by atoms with Gasteiger partial charge in [-0.3, -0.25) is 4.79 Å². The molecule has 0 heterocycles. The second-order valence-corrected chi connectivity index (χ2v) is 5.70. The molecule has 0 fully saturated rings. The van der Waals surface area contributed by atoms with Crippen LogP contribution in [0.15, 0.2) is 24.3 Å². The van der Waals surface area contributed by atoms with Gasteiger partial charge in [0.25, 0.3) is 0 Å². The van der Waals surface area contributed by atoms with Crippen LogP contribution in [0.25, 0.3) is 0 Å². The molecule has 0 spiro atoms. The molecule has 4 heteroatoms. The molecule has 1 atom stereocenters. The molecule has 4 nitrogen and oxygen atoms in total. The number of ether oxygens (including phenoxy) is 1.